The van der Waals surface area contributed by atoms with Gasteiger partial charge in [0, 0.05) is 12.5 Å². The summed E-state index contributed by atoms with van der Waals surface area (Å²) >= 11 is 0. The Kier molecular flexibility index (Phi) is 5.67. The van der Waals surface area contributed by atoms with Crippen molar-refractivity contribution in [1.82, 2.24) is 5.32 Å². The molecule has 1 atom stereocenters. The molecule has 0 spiro atoms. The summed E-state index contributed by atoms with van der Waals surface area (Å²) in [7, 11) is 3.25. The van der Waals surface area contributed by atoms with Gasteiger partial charge in [-0.25, -0.2) is 0 Å². The summed E-state index contributed by atoms with van der Waals surface area (Å²) in [4.78, 5) is 12.0. The third-order valence-corrected chi connectivity index (χ3v) is 3.80. The van der Waals surface area contributed by atoms with E-state index in [1.165, 1.54) is 0 Å². The summed E-state index contributed by atoms with van der Waals surface area (Å²) in [5, 5.41) is 3.02. The van der Waals surface area contributed by atoms with Crippen LogP contribution in [0.4, 0.5) is 0 Å². The Bertz CT molecular complexity index is 511. The Hall–Kier alpha value is -1.97. The van der Waals surface area contributed by atoms with Gasteiger partial charge in [-0.3, -0.25) is 4.79 Å². The lowest BCUT2D eigenvalue weighted by Gasteiger charge is -2.17. The molecule has 2 rings (SSSR count). The van der Waals surface area contributed by atoms with E-state index in [2.05, 4.69) is 17.5 Å². The zero-order valence-electron chi connectivity index (χ0n) is 12.7. The van der Waals surface area contributed by atoms with E-state index in [0.717, 1.165) is 42.7 Å². The van der Waals surface area contributed by atoms with Crippen LogP contribution in [0.2, 0.25) is 0 Å². The number of carbonyl (C=O) groups excluding carboxylic acids is 1. The highest BCUT2D eigenvalue weighted by Crippen LogP contribution is 2.27. The molecule has 0 bridgehead atoms. The molecule has 0 unspecified atom stereocenters. The molecular weight excluding hydrogens is 266 g/mol. The molecule has 1 aromatic rings. The lowest BCUT2D eigenvalue weighted by molar-refractivity contribution is -0.125. The predicted octanol–water partition coefficient (Wildman–Crippen LogP) is 2.72. The van der Waals surface area contributed by atoms with Gasteiger partial charge in [0.1, 0.15) is 0 Å². The van der Waals surface area contributed by atoms with Gasteiger partial charge >= 0.3 is 0 Å². The molecule has 0 heterocycles. The highest BCUT2D eigenvalue weighted by atomic mass is 16.5. The molecule has 1 amide bonds. The number of amides is 1. The number of benzene rings is 1. The third-order valence-electron chi connectivity index (χ3n) is 3.80. The summed E-state index contributed by atoms with van der Waals surface area (Å²) in [6.07, 6.45) is 7.86. The van der Waals surface area contributed by atoms with Crippen LogP contribution in [0.1, 0.15) is 24.8 Å². The normalized spacial score (nSPS) is 17.3. The molecule has 1 N–H and O–H groups in total. The van der Waals surface area contributed by atoms with E-state index in [1.54, 1.807) is 14.2 Å². The number of hydrogen-bond acceptors (Lipinski definition) is 3. The van der Waals surface area contributed by atoms with Crippen LogP contribution in [-0.2, 0) is 11.2 Å². The molecule has 1 aliphatic carbocycles. The SMILES string of the molecule is COc1ccc(CCNC(=O)[C@H]2CC=CCC2)cc1OC. The van der Waals surface area contributed by atoms with E-state index in [1.807, 2.05) is 18.2 Å². The second-order valence-electron chi connectivity index (χ2n) is 5.21. The van der Waals surface area contributed by atoms with Crippen molar-refractivity contribution in [2.45, 2.75) is 25.7 Å². The molecule has 4 nitrogen and oxygen atoms in total. The average molecular weight is 289 g/mol. The maximum Gasteiger partial charge on any atom is 0.223 e. The van der Waals surface area contributed by atoms with Gasteiger partial charge in [0.25, 0.3) is 0 Å². The maximum absolute atomic E-state index is 12.0. The summed E-state index contributed by atoms with van der Waals surface area (Å²) in [5.74, 6) is 1.75. The highest BCUT2D eigenvalue weighted by molar-refractivity contribution is 5.78. The molecule has 0 aromatic heterocycles. The van der Waals surface area contributed by atoms with Crippen LogP contribution < -0.4 is 14.8 Å². The first-order valence-corrected chi connectivity index (χ1v) is 7.38. The minimum absolute atomic E-state index is 0.139. The molecule has 114 valence electrons. The zero-order chi connectivity index (χ0) is 15.1. The van der Waals surface area contributed by atoms with Crippen LogP contribution >= 0.6 is 0 Å². The van der Waals surface area contributed by atoms with Crippen molar-refractivity contribution < 1.29 is 14.3 Å². The molecular formula is C17H23NO3. The molecule has 0 saturated carbocycles. The van der Waals surface area contributed by atoms with Crippen LogP contribution in [0, 0.1) is 5.92 Å². The fourth-order valence-corrected chi connectivity index (χ4v) is 2.54. The second-order valence-corrected chi connectivity index (χ2v) is 5.21. The maximum atomic E-state index is 12.0. The standard InChI is InChI=1S/C17H23NO3/c1-20-15-9-8-13(12-16(15)21-2)10-11-18-17(19)14-6-4-3-5-7-14/h3-4,8-9,12,14H,5-7,10-11H2,1-2H3,(H,18,19)/t14-/m0/s1. The molecule has 4 heteroatoms. The van der Waals surface area contributed by atoms with Crippen molar-refractivity contribution in [3.8, 4) is 11.5 Å². The molecule has 0 radical (unpaired) electrons. The quantitative estimate of drug-likeness (QED) is 0.819. The minimum atomic E-state index is 0.139. The van der Waals surface area contributed by atoms with Gasteiger partial charge in [0.15, 0.2) is 11.5 Å². The molecule has 1 aliphatic rings. The number of rotatable bonds is 6. The second kappa shape index (κ2) is 7.72. The largest absolute Gasteiger partial charge is 0.493 e. The van der Waals surface area contributed by atoms with Crippen molar-refractivity contribution in [2.24, 2.45) is 5.92 Å². The van der Waals surface area contributed by atoms with E-state index in [4.69, 9.17) is 9.47 Å². The summed E-state index contributed by atoms with van der Waals surface area (Å²) in [5.41, 5.74) is 1.12. The van der Waals surface area contributed by atoms with Gasteiger partial charge in [0.05, 0.1) is 14.2 Å². The summed E-state index contributed by atoms with van der Waals surface area (Å²) in [6, 6.07) is 5.84. The van der Waals surface area contributed by atoms with Gasteiger partial charge < -0.3 is 14.8 Å². The van der Waals surface area contributed by atoms with E-state index in [0.29, 0.717) is 6.54 Å². The topological polar surface area (TPSA) is 47.6 Å². The van der Waals surface area contributed by atoms with Crippen molar-refractivity contribution in [3.05, 3.63) is 35.9 Å². The number of nitrogens with one attached hydrogen (secondary N) is 1. The summed E-state index contributed by atoms with van der Waals surface area (Å²) < 4.78 is 10.5. The van der Waals surface area contributed by atoms with Gasteiger partial charge in [0.2, 0.25) is 5.91 Å². The Balaban J connectivity index is 1.83. The van der Waals surface area contributed by atoms with Crippen molar-refractivity contribution >= 4 is 5.91 Å². The van der Waals surface area contributed by atoms with Gasteiger partial charge in [-0.2, -0.15) is 0 Å². The summed E-state index contributed by atoms with van der Waals surface area (Å²) in [6.45, 7) is 0.647. The van der Waals surface area contributed by atoms with Crippen LogP contribution in [-0.4, -0.2) is 26.7 Å². The van der Waals surface area contributed by atoms with Crippen LogP contribution in [0.15, 0.2) is 30.4 Å². The van der Waals surface area contributed by atoms with Gasteiger partial charge in [-0.05, 0) is 43.4 Å². The van der Waals surface area contributed by atoms with Crippen molar-refractivity contribution in [2.75, 3.05) is 20.8 Å². The number of hydrogen-bond donors (Lipinski definition) is 1. The molecule has 0 aliphatic heterocycles. The highest BCUT2D eigenvalue weighted by Gasteiger charge is 2.17. The Morgan fingerprint density at radius 2 is 2.05 bits per heavy atom. The predicted molar refractivity (Wildman–Crippen MR) is 82.7 cm³/mol. The van der Waals surface area contributed by atoms with Crippen LogP contribution in [0.3, 0.4) is 0 Å². The Morgan fingerprint density at radius 1 is 1.24 bits per heavy atom. The van der Waals surface area contributed by atoms with Gasteiger partial charge in [-0.15, -0.1) is 0 Å². The van der Waals surface area contributed by atoms with Crippen molar-refractivity contribution in [3.63, 3.8) is 0 Å². The van der Waals surface area contributed by atoms with Crippen LogP contribution in [0.25, 0.3) is 0 Å². The number of allylic oxidation sites excluding steroid dienone is 2. The van der Waals surface area contributed by atoms with Crippen molar-refractivity contribution in [1.29, 1.82) is 0 Å². The van der Waals surface area contributed by atoms with E-state index in [9.17, 15) is 4.79 Å². The van der Waals surface area contributed by atoms with Gasteiger partial charge in [-0.1, -0.05) is 18.2 Å². The number of carbonyl (C=O) groups is 1. The molecule has 21 heavy (non-hydrogen) atoms. The van der Waals surface area contributed by atoms with E-state index < -0.39 is 0 Å². The average Bonchev–Trinajstić information content (AvgIpc) is 2.55. The van der Waals surface area contributed by atoms with E-state index in [-0.39, 0.29) is 11.8 Å². The smallest absolute Gasteiger partial charge is 0.223 e. The Morgan fingerprint density at radius 3 is 2.71 bits per heavy atom. The minimum Gasteiger partial charge on any atom is -0.493 e. The fourth-order valence-electron chi connectivity index (χ4n) is 2.54. The first kappa shape index (κ1) is 15.4. The zero-order valence-corrected chi connectivity index (χ0v) is 12.7. The molecule has 0 fully saturated rings. The first-order valence-electron chi connectivity index (χ1n) is 7.38. The van der Waals surface area contributed by atoms with Crippen LogP contribution in [0.5, 0.6) is 11.5 Å². The number of ether oxygens (including phenoxy) is 2. The monoisotopic (exact) mass is 289 g/mol. The van der Waals surface area contributed by atoms with E-state index >= 15 is 0 Å². The first-order chi connectivity index (χ1) is 10.2. The molecule has 0 saturated heterocycles. The molecule has 1 aromatic carbocycles. The third kappa shape index (κ3) is 4.25. The number of methoxy groups -OCH3 is 2. The lowest BCUT2D eigenvalue weighted by atomic mass is 9.93. The Labute approximate surface area is 126 Å². The fraction of sp³-hybridized carbons (Fsp3) is 0.471. The lowest BCUT2D eigenvalue weighted by Crippen LogP contribution is -2.32.